The topological polar surface area (TPSA) is 66.6 Å². The molecule has 4 heteroatoms. The first kappa shape index (κ1) is 14.9. The molecule has 3 N–H and O–H groups in total. The number of hydrogen-bond acceptors (Lipinski definition) is 3. The fourth-order valence-corrected chi connectivity index (χ4v) is 3.24. The summed E-state index contributed by atoms with van der Waals surface area (Å²) in [6.07, 6.45) is 3.57. The van der Waals surface area contributed by atoms with Crippen LogP contribution in [-0.2, 0) is 6.54 Å². The zero-order valence-corrected chi connectivity index (χ0v) is 12.4. The number of hydrogen-bond donors (Lipinski definition) is 2. The predicted molar refractivity (Wildman–Crippen MR) is 80.7 cm³/mol. The Labute approximate surface area is 120 Å². The smallest absolute Gasteiger partial charge is 0.338 e. The first-order valence-electron chi connectivity index (χ1n) is 7.34. The number of aromatic carboxylic acids is 1. The molecule has 0 saturated carbocycles. The molecule has 0 unspecified atom stereocenters. The molecule has 0 aliphatic carbocycles. The molecule has 0 aromatic heterocycles. The molecule has 1 aromatic rings. The third-order valence-electron chi connectivity index (χ3n) is 4.81. The zero-order chi connectivity index (χ0) is 14.8. The Morgan fingerprint density at radius 3 is 2.65 bits per heavy atom. The van der Waals surface area contributed by atoms with Crippen molar-refractivity contribution in [3.8, 4) is 0 Å². The van der Waals surface area contributed by atoms with Crippen LogP contribution in [0.4, 0.5) is 5.69 Å². The van der Waals surface area contributed by atoms with Crippen molar-refractivity contribution in [2.75, 3.05) is 18.8 Å². The number of nitrogen functional groups attached to an aromatic ring is 1. The van der Waals surface area contributed by atoms with Crippen molar-refractivity contribution in [1.82, 2.24) is 4.90 Å². The third-order valence-corrected chi connectivity index (χ3v) is 4.81. The number of carbonyl (C=O) groups is 1. The van der Waals surface area contributed by atoms with Crippen LogP contribution in [0.15, 0.2) is 18.2 Å². The molecule has 0 bridgehead atoms. The van der Waals surface area contributed by atoms with Crippen molar-refractivity contribution >= 4 is 11.7 Å². The summed E-state index contributed by atoms with van der Waals surface area (Å²) < 4.78 is 0. The minimum absolute atomic E-state index is 0.262. The lowest BCUT2D eigenvalue weighted by Gasteiger charge is -2.26. The molecule has 0 atom stereocenters. The van der Waals surface area contributed by atoms with Gasteiger partial charge in [0.25, 0.3) is 0 Å². The first-order valence-corrected chi connectivity index (χ1v) is 7.34. The number of nitrogens with zero attached hydrogens (tertiary/aromatic N) is 1. The van der Waals surface area contributed by atoms with Gasteiger partial charge in [0.05, 0.1) is 5.56 Å². The van der Waals surface area contributed by atoms with E-state index in [9.17, 15) is 9.90 Å². The van der Waals surface area contributed by atoms with E-state index in [1.54, 1.807) is 6.07 Å². The van der Waals surface area contributed by atoms with Crippen LogP contribution >= 0.6 is 0 Å². The van der Waals surface area contributed by atoms with E-state index in [4.69, 9.17) is 5.73 Å². The molecule has 0 radical (unpaired) electrons. The minimum atomic E-state index is -0.936. The number of benzene rings is 1. The second-order valence-electron chi connectivity index (χ2n) is 5.85. The van der Waals surface area contributed by atoms with E-state index in [0.29, 0.717) is 17.6 Å². The number of anilines is 1. The molecule has 110 valence electrons. The molecular formula is C16H24N2O2. The Balaban J connectivity index is 2.16. The van der Waals surface area contributed by atoms with Crippen molar-refractivity contribution in [1.29, 1.82) is 0 Å². The second-order valence-corrected chi connectivity index (χ2v) is 5.85. The van der Waals surface area contributed by atoms with Gasteiger partial charge in [-0.05, 0) is 42.9 Å². The molecule has 4 nitrogen and oxygen atoms in total. The van der Waals surface area contributed by atoms with Gasteiger partial charge in [-0.3, -0.25) is 4.90 Å². The van der Waals surface area contributed by atoms with Gasteiger partial charge < -0.3 is 10.8 Å². The van der Waals surface area contributed by atoms with Gasteiger partial charge in [0, 0.05) is 18.8 Å². The summed E-state index contributed by atoms with van der Waals surface area (Å²) in [5.74, 6) is -0.936. The van der Waals surface area contributed by atoms with Crippen molar-refractivity contribution in [3.63, 3.8) is 0 Å². The number of carboxylic acid groups (broad SMARTS) is 1. The highest BCUT2D eigenvalue weighted by atomic mass is 16.4. The SMILES string of the molecule is CCC1(CC)CCN(Cc2cccc(N)c2C(=O)O)C1. The van der Waals surface area contributed by atoms with Crippen LogP contribution in [0.5, 0.6) is 0 Å². The summed E-state index contributed by atoms with van der Waals surface area (Å²) in [7, 11) is 0. The maximum absolute atomic E-state index is 11.4. The van der Waals surface area contributed by atoms with Gasteiger partial charge in [0.15, 0.2) is 0 Å². The predicted octanol–water partition coefficient (Wildman–Crippen LogP) is 2.98. The van der Waals surface area contributed by atoms with Gasteiger partial charge in [-0.15, -0.1) is 0 Å². The fourth-order valence-electron chi connectivity index (χ4n) is 3.24. The van der Waals surface area contributed by atoms with Crippen LogP contribution in [0.3, 0.4) is 0 Å². The Bertz CT molecular complexity index is 495. The van der Waals surface area contributed by atoms with Crippen LogP contribution in [0.1, 0.15) is 49.0 Å². The van der Waals surface area contributed by atoms with Crippen molar-refractivity contribution in [2.45, 2.75) is 39.7 Å². The minimum Gasteiger partial charge on any atom is -0.478 e. The van der Waals surface area contributed by atoms with E-state index >= 15 is 0 Å². The van der Waals surface area contributed by atoms with E-state index in [1.165, 1.54) is 19.3 Å². The van der Waals surface area contributed by atoms with Gasteiger partial charge in [-0.1, -0.05) is 26.0 Å². The van der Waals surface area contributed by atoms with Crippen molar-refractivity contribution < 1.29 is 9.90 Å². The molecule has 1 heterocycles. The summed E-state index contributed by atoms with van der Waals surface area (Å²) in [4.78, 5) is 13.7. The average Bonchev–Trinajstić information content (AvgIpc) is 2.82. The first-order chi connectivity index (χ1) is 9.51. The van der Waals surface area contributed by atoms with E-state index in [0.717, 1.165) is 18.7 Å². The molecule has 1 aliphatic rings. The summed E-state index contributed by atoms with van der Waals surface area (Å²) in [5, 5.41) is 9.32. The molecule has 20 heavy (non-hydrogen) atoms. The maximum atomic E-state index is 11.4. The Kier molecular flexibility index (Phi) is 4.33. The summed E-state index contributed by atoms with van der Waals surface area (Å²) >= 11 is 0. The largest absolute Gasteiger partial charge is 0.478 e. The zero-order valence-electron chi connectivity index (χ0n) is 12.4. The molecule has 2 rings (SSSR count). The molecule has 0 amide bonds. The van der Waals surface area contributed by atoms with E-state index in [-0.39, 0.29) is 5.56 Å². The van der Waals surface area contributed by atoms with Crippen LogP contribution in [0.25, 0.3) is 0 Å². The van der Waals surface area contributed by atoms with Crippen LogP contribution < -0.4 is 5.73 Å². The molecule has 1 aliphatic heterocycles. The average molecular weight is 276 g/mol. The Hall–Kier alpha value is -1.55. The fraction of sp³-hybridized carbons (Fsp3) is 0.562. The molecule has 1 aromatic carbocycles. The number of carboxylic acids is 1. The summed E-state index contributed by atoms with van der Waals surface area (Å²) in [5.41, 5.74) is 7.64. The molecule has 1 saturated heterocycles. The number of rotatable bonds is 5. The highest BCUT2D eigenvalue weighted by Crippen LogP contribution is 2.37. The normalized spacial score (nSPS) is 18.3. The lowest BCUT2D eigenvalue weighted by atomic mass is 9.82. The lowest BCUT2D eigenvalue weighted by molar-refractivity contribution is 0.0696. The van der Waals surface area contributed by atoms with Crippen LogP contribution in [0, 0.1) is 5.41 Å². The lowest BCUT2D eigenvalue weighted by Crippen LogP contribution is -2.26. The van der Waals surface area contributed by atoms with Gasteiger partial charge in [-0.25, -0.2) is 4.79 Å². The van der Waals surface area contributed by atoms with Crippen molar-refractivity contribution in [2.24, 2.45) is 5.41 Å². The highest BCUT2D eigenvalue weighted by molar-refractivity contribution is 5.95. The standard InChI is InChI=1S/C16H24N2O2/c1-3-16(4-2)8-9-18(11-16)10-12-6-5-7-13(17)14(12)15(19)20/h5-7H,3-4,8-11,17H2,1-2H3,(H,19,20). The number of likely N-dealkylation sites (tertiary alicyclic amines) is 1. The Morgan fingerprint density at radius 2 is 2.10 bits per heavy atom. The maximum Gasteiger partial charge on any atom is 0.338 e. The molecule has 0 spiro atoms. The van der Waals surface area contributed by atoms with E-state index in [1.807, 2.05) is 12.1 Å². The summed E-state index contributed by atoms with van der Waals surface area (Å²) in [6.45, 7) is 7.25. The highest BCUT2D eigenvalue weighted by Gasteiger charge is 2.35. The number of nitrogens with two attached hydrogens (primary N) is 1. The van der Waals surface area contributed by atoms with Gasteiger partial charge >= 0.3 is 5.97 Å². The van der Waals surface area contributed by atoms with Gasteiger partial charge in [0.2, 0.25) is 0 Å². The quantitative estimate of drug-likeness (QED) is 0.811. The van der Waals surface area contributed by atoms with E-state index < -0.39 is 5.97 Å². The van der Waals surface area contributed by atoms with Gasteiger partial charge in [-0.2, -0.15) is 0 Å². The van der Waals surface area contributed by atoms with Crippen molar-refractivity contribution in [3.05, 3.63) is 29.3 Å². The molecule has 1 fully saturated rings. The van der Waals surface area contributed by atoms with Gasteiger partial charge in [0.1, 0.15) is 0 Å². The molecular weight excluding hydrogens is 252 g/mol. The Morgan fingerprint density at radius 1 is 1.40 bits per heavy atom. The van der Waals surface area contributed by atoms with E-state index in [2.05, 4.69) is 18.7 Å². The van der Waals surface area contributed by atoms with Crippen LogP contribution in [0.2, 0.25) is 0 Å². The van der Waals surface area contributed by atoms with Crippen LogP contribution in [-0.4, -0.2) is 29.1 Å². The third kappa shape index (κ3) is 2.80. The second kappa shape index (κ2) is 5.83. The monoisotopic (exact) mass is 276 g/mol. The summed E-state index contributed by atoms with van der Waals surface area (Å²) in [6, 6.07) is 5.36.